The molecule has 2 aromatic carbocycles. The van der Waals surface area contributed by atoms with Crippen LogP contribution < -0.4 is 0 Å². The van der Waals surface area contributed by atoms with Gasteiger partial charge in [0.05, 0.1) is 13.7 Å². The molecule has 40 heavy (non-hydrogen) atoms. The van der Waals surface area contributed by atoms with Gasteiger partial charge in [-0.05, 0) is 74.6 Å². The fraction of sp³-hybridized carbons (Fsp3) is 0.344. The zero-order valence-corrected chi connectivity index (χ0v) is 22.8. The van der Waals surface area contributed by atoms with Crippen LogP contribution in [0, 0.1) is 11.8 Å². The Balaban J connectivity index is 1.18. The van der Waals surface area contributed by atoms with Crippen LogP contribution in [-0.2, 0) is 32.0 Å². The van der Waals surface area contributed by atoms with Crippen LogP contribution in [0.2, 0.25) is 0 Å². The Morgan fingerprint density at radius 1 is 1.10 bits per heavy atom. The molecule has 0 radical (unpaired) electrons. The van der Waals surface area contributed by atoms with E-state index in [1.54, 1.807) is 6.20 Å². The van der Waals surface area contributed by atoms with Gasteiger partial charge in [0.1, 0.15) is 17.6 Å². The van der Waals surface area contributed by atoms with Gasteiger partial charge < -0.3 is 23.3 Å². The largest absolute Gasteiger partial charge is 0.469 e. The first kappa shape index (κ1) is 27.4. The van der Waals surface area contributed by atoms with Gasteiger partial charge in [0, 0.05) is 48.2 Å². The van der Waals surface area contributed by atoms with Crippen LogP contribution in [0.1, 0.15) is 66.9 Å². The van der Waals surface area contributed by atoms with Gasteiger partial charge in [-0.1, -0.05) is 29.1 Å². The van der Waals surface area contributed by atoms with Gasteiger partial charge in [0.25, 0.3) is 0 Å². The maximum atomic E-state index is 11.3. The van der Waals surface area contributed by atoms with Gasteiger partial charge in [0.15, 0.2) is 12.1 Å². The molecular formula is C32H33N3O5. The molecule has 1 saturated heterocycles. The lowest BCUT2D eigenvalue weighted by atomic mass is 10.1. The lowest BCUT2D eigenvalue weighted by molar-refractivity contribution is -0.188. The van der Waals surface area contributed by atoms with Gasteiger partial charge in [-0.2, -0.15) is 0 Å². The fourth-order valence-corrected chi connectivity index (χ4v) is 4.58. The van der Waals surface area contributed by atoms with E-state index < -0.39 is 0 Å². The van der Waals surface area contributed by atoms with Gasteiger partial charge in [-0.25, -0.2) is 4.98 Å². The van der Waals surface area contributed by atoms with E-state index in [1.807, 2.05) is 72.3 Å². The number of esters is 1. The number of methoxy groups -OCH3 is 1. The molecule has 206 valence electrons. The standard InChI is InChI=1S/C32H33N3O5/c1-23(39-31-5-3-4-20-38-31)32-33-18-19-35(32)22-28-21-29(40-34-28)27-15-12-26(13-16-27)11-8-24-6-9-25(10-7-24)14-17-30(36)37-2/h6-7,9-10,12-13,15-16,18-19,21,23,31H,3-5,14,17,20,22H2,1-2H3/t23-,31?/m0/s1. The topological polar surface area (TPSA) is 88.6 Å². The molecule has 2 atom stereocenters. The SMILES string of the molecule is COC(=O)CCc1ccc(C#Cc2ccc(-c3cc(Cn4ccnc4[C@H](C)OC4CCCCO4)no3)cc2)cc1. The first-order valence-corrected chi connectivity index (χ1v) is 13.6. The number of carbonyl (C=O) groups is 1. The molecule has 0 bridgehead atoms. The first-order valence-electron chi connectivity index (χ1n) is 13.6. The number of aromatic nitrogens is 3. The summed E-state index contributed by atoms with van der Waals surface area (Å²) in [6.45, 7) is 3.27. The maximum Gasteiger partial charge on any atom is 0.305 e. The summed E-state index contributed by atoms with van der Waals surface area (Å²) in [5.74, 6) is 7.70. The average Bonchev–Trinajstić information content (AvgIpc) is 3.66. The number of nitrogens with zero attached hydrogens (tertiary/aromatic N) is 3. The van der Waals surface area contributed by atoms with E-state index in [0.29, 0.717) is 25.1 Å². The van der Waals surface area contributed by atoms with Crippen LogP contribution in [0.15, 0.2) is 71.5 Å². The van der Waals surface area contributed by atoms with Crippen molar-refractivity contribution in [2.75, 3.05) is 13.7 Å². The minimum atomic E-state index is -0.207. The Morgan fingerprint density at radius 3 is 2.55 bits per heavy atom. The molecule has 0 N–H and O–H groups in total. The molecular weight excluding hydrogens is 506 g/mol. The molecule has 0 spiro atoms. The molecule has 0 aliphatic carbocycles. The molecule has 8 heteroatoms. The fourth-order valence-electron chi connectivity index (χ4n) is 4.58. The summed E-state index contributed by atoms with van der Waals surface area (Å²) in [4.78, 5) is 15.8. The van der Waals surface area contributed by atoms with Gasteiger partial charge in [-0.15, -0.1) is 0 Å². The third-order valence-electron chi connectivity index (χ3n) is 6.82. The summed E-state index contributed by atoms with van der Waals surface area (Å²) >= 11 is 0. The van der Waals surface area contributed by atoms with Crippen LogP contribution in [0.3, 0.4) is 0 Å². The predicted molar refractivity (Wildman–Crippen MR) is 149 cm³/mol. The van der Waals surface area contributed by atoms with Crippen LogP contribution in [0.5, 0.6) is 0 Å². The number of aryl methyl sites for hydroxylation is 1. The van der Waals surface area contributed by atoms with Crippen molar-refractivity contribution in [3.63, 3.8) is 0 Å². The minimum absolute atomic E-state index is 0.176. The third-order valence-corrected chi connectivity index (χ3v) is 6.82. The number of benzene rings is 2. The average molecular weight is 540 g/mol. The molecule has 1 aliphatic heterocycles. The Morgan fingerprint density at radius 2 is 1.85 bits per heavy atom. The zero-order valence-electron chi connectivity index (χ0n) is 22.8. The van der Waals surface area contributed by atoms with Crippen LogP contribution in [0.25, 0.3) is 11.3 Å². The Labute approximate surface area is 234 Å². The lowest BCUT2D eigenvalue weighted by Gasteiger charge is -2.26. The number of rotatable bonds is 9. The summed E-state index contributed by atoms with van der Waals surface area (Å²) < 4.78 is 24.2. The Hall–Kier alpha value is -4.19. The van der Waals surface area contributed by atoms with Crippen molar-refractivity contribution >= 4 is 5.97 Å². The van der Waals surface area contributed by atoms with E-state index in [9.17, 15) is 4.79 Å². The van der Waals surface area contributed by atoms with Crippen molar-refractivity contribution < 1.29 is 23.5 Å². The third kappa shape index (κ3) is 7.26. The number of ether oxygens (including phenoxy) is 3. The molecule has 1 unspecified atom stereocenters. The van der Waals surface area contributed by atoms with Gasteiger partial charge in [0.2, 0.25) is 0 Å². The number of carbonyl (C=O) groups excluding carboxylic acids is 1. The highest BCUT2D eigenvalue weighted by atomic mass is 16.7. The molecule has 0 saturated carbocycles. The minimum Gasteiger partial charge on any atom is -0.469 e. The Kier molecular flexibility index (Phi) is 9.07. The maximum absolute atomic E-state index is 11.3. The smallest absolute Gasteiger partial charge is 0.305 e. The number of hydrogen-bond donors (Lipinski definition) is 0. The summed E-state index contributed by atoms with van der Waals surface area (Å²) in [5, 5.41) is 4.27. The van der Waals surface area contributed by atoms with Crippen molar-refractivity contribution in [1.29, 1.82) is 0 Å². The summed E-state index contributed by atoms with van der Waals surface area (Å²) in [6, 6.07) is 17.7. The zero-order chi connectivity index (χ0) is 27.7. The molecule has 1 aliphatic rings. The van der Waals surface area contributed by atoms with Gasteiger partial charge in [-0.3, -0.25) is 4.79 Å². The van der Waals surface area contributed by atoms with Crippen molar-refractivity contribution in [2.45, 2.75) is 58.0 Å². The van der Waals surface area contributed by atoms with Crippen LogP contribution in [0.4, 0.5) is 0 Å². The highest BCUT2D eigenvalue weighted by Crippen LogP contribution is 2.25. The molecule has 3 heterocycles. The summed E-state index contributed by atoms with van der Waals surface area (Å²) in [7, 11) is 1.40. The lowest BCUT2D eigenvalue weighted by Crippen LogP contribution is -2.24. The highest BCUT2D eigenvalue weighted by molar-refractivity contribution is 5.69. The van der Waals surface area contributed by atoms with Crippen LogP contribution in [-0.4, -0.2) is 40.7 Å². The quantitative estimate of drug-likeness (QED) is 0.199. The second kappa shape index (κ2) is 13.2. The normalized spacial score (nSPS) is 15.7. The molecule has 8 nitrogen and oxygen atoms in total. The van der Waals surface area contributed by atoms with E-state index in [2.05, 4.69) is 22.0 Å². The second-order valence-electron chi connectivity index (χ2n) is 9.77. The predicted octanol–water partition coefficient (Wildman–Crippen LogP) is 5.70. The molecule has 1 fully saturated rings. The van der Waals surface area contributed by atoms with E-state index >= 15 is 0 Å². The highest BCUT2D eigenvalue weighted by Gasteiger charge is 2.21. The van der Waals surface area contributed by atoms with E-state index in [4.69, 9.17) is 18.7 Å². The van der Waals surface area contributed by atoms with Crippen molar-refractivity contribution in [1.82, 2.24) is 14.7 Å². The molecule has 0 amide bonds. The van der Waals surface area contributed by atoms with Crippen LogP contribution >= 0.6 is 0 Å². The Bertz CT molecular complexity index is 1450. The van der Waals surface area contributed by atoms with Gasteiger partial charge >= 0.3 is 5.97 Å². The van der Waals surface area contributed by atoms with Crippen molar-refractivity contribution in [2.24, 2.45) is 0 Å². The number of imidazole rings is 1. The number of hydrogen-bond acceptors (Lipinski definition) is 7. The second-order valence-corrected chi connectivity index (χ2v) is 9.77. The summed E-state index contributed by atoms with van der Waals surface area (Å²) in [5.41, 5.74) is 4.62. The monoisotopic (exact) mass is 539 g/mol. The van der Waals surface area contributed by atoms with Crippen molar-refractivity contribution in [3.8, 4) is 23.2 Å². The van der Waals surface area contributed by atoms with E-state index in [-0.39, 0.29) is 18.4 Å². The molecule has 4 aromatic rings. The first-order chi connectivity index (χ1) is 19.6. The molecule has 2 aromatic heterocycles. The molecule has 5 rings (SSSR count). The van der Waals surface area contributed by atoms with E-state index in [1.165, 1.54) is 7.11 Å². The van der Waals surface area contributed by atoms with Crippen molar-refractivity contribution in [3.05, 3.63) is 95.2 Å². The summed E-state index contributed by atoms with van der Waals surface area (Å²) in [6.07, 6.45) is 7.47. The van der Waals surface area contributed by atoms with E-state index in [0.717, 1.165) is 59.6 Å².